The van der Waals surface area contributed by atoms with E-state index >= 15 is 0 Å². The molecule has 2 aromatic heterocycles. The molecule has 0 radical (unpaired) electrons. The molecule has 0 unspecified atom stereocenters. The lowest BCUT2D eigenvalue weighted by molar-refractivity contribution is 0.102. The van der Waals surface area contributed by atoms with Crippen LogP contribution >= 0.6 is 11.3 Å². The summed E-state index contributed by atoms with van der Waals surface area (Å²) >= 11 is 1.51. The number of benzene rings is 2. The Labute approximate surface area is 153 Å². The van der Waals surface area contributed by atoms with Crippen molar-refractivity contribution in [3.8, 4) is 11.2 Å². The van der Waals surface area contributed by atoms with Crippen molar-refractivity contribution in [3.05, 3.63) is 71.4 Å². The first kappa shape index (κ1) is 16.0. The van der Waals surface area contributed by atoms with E-state index in [0.29, 0.717) is 22.1 Å². The van der Waals surface area contributed by atoms with Crippen molar-refractivity contribution >= 4 is 33.3 Å². The number of carbonyl (C=O) groups is 1. The zero-order valence-electron chi connectivity index (χ0n) is 13.8. The van der Waals surface area contributed by atoms with Gasteiger partial charge >= 0.3 is 0 Å². The first-order valence-electron chi connectivity index (χ1n) is 7.88. The maximum atomic E-state index is 12.5. The summed E-state index contributed by atoms with van der Waals surface area (Å²) in [4.78, 5) is 17.1. The van der Waals surface area contributed by atoms with Gasteiger partial charge in [0.15, 0.2) is 0 Å². The molecule has 1 amide bonds. The predicted molar refractivity (Wildman–Crippen MR) is 101 cm³/mol. The molecule has 1 N–H and O–H groups in total. The first-order valence-corrected chi connectivity index (χ1v) is 8.70. The number of para-hydroxylation sites is 1. The van der Waals surface area contributed by atoms with Crippen molar-refractivity contribution in [3.63, 3.8) is 0 Å². The lowest BCUT2D eigenvalue weighted by Crippen LogP contribution is -2.15. The van der Waals surface area contributed by atoms with Crippen LogP contribution in [0.5, 0.6) is 0 Å². The van der Waals surface area contributed by atoms with Gasteiger partial charge in [0, 0.05) is 11.6 Å². The number of hydrogen-bond acceptors (Lipinski definition) is 5. The fourth-order valence-electron chi connectivity index (χ4n) is 2.57. The summed E-state index contributed by atoms with van der Waals surface area (Å²) in [5, 5.41) is 16.9. The molecule has 7 heteroatoms. The molecule has 0 aliphatic heterocycles. The average molecular weight is 359 g/mol. The molecule has 0 saturated heterocycles. The summed E-state index contributed by atoms with van der Waals surface area (Å²) in [6.07, 6.45) is 0. The molecule has 0 fully saturated rings. The van der Waals surface area contributed by atoms with Gasteiger partial charge in [0.1, 0.15) is 5.82 Å². The smallest absolute Gasteiger partial charge is 0.256 e. The molecule has 0 aliphatic rings. The molecule has 126 valence electrons. The first-order chi connectivity index (χ1) is 12.6. The van der Waals surface area contributed by atoms with E-state index in [1.54, 1.807) is 35.0 Å². The summed E-state index contributed by atoms with van der Waals surface area (Å²) in [6.45, 7) is 1.86. The highest BCUT2D eigenvalue weighted by Crippen LogP contribution is 2.27. The third kappa shape index (κ3) is 2.94. The SMILES string of the molecule is Cc1cc(NC(=O)c2ccc(C#N)cc2)n(-c2nc3ccccc3s2)n1. The Morgan fingerprint density at radius 2 is 1.96 bits per heavy atom. The van der Waals surface area contributed by atoms with Gasteiger partial charge < -0.3 is 5.32 Å². The van der Waals surface area contributed by atoms with Crippen LogP contribution < -0.4 is 5.32 Å². The van der Waals surface area contributed by atoms with Crippen LogP contribution in [0.2, 0.25) is 0 Å². The van der Waals surface area contributed by atoms with Crippen molar-refractivity contribution in [2.45, 2.75) is 6.92 Å². The molecule has 26 heavy (non-hydrogen) atoms. The minimum absolute atomic E-state index is 0.267. The molecule has 0 aliphatic carbocycles. The molecule has 2 aromatic carbocycles. The van der Waals surface area contributed by atoms with Gasteiger partial charge in [0.05, 0.1) is 27.5 Å². The van der Waals surface area contributed by atoms with E-state index in [9.17, 15) is 4.79 Å². The monoisotopic (exact) mass is 359 g/mol. The second kappa shape index (κ2) is 6.43. The summed E-state index contributed by atoms with van der Waals surface area (Å²) in [5.41, 5.74) is 2.65. The van der Waals surface area contributed by atoms with Crippen LogP contribution in [0.25, 0.3) is 15.3 Å². The maximum Gasteiger partial charge on any atom is 0.256 e. The molecule has 4 aromatic rings. The Kier molecular flexibility index (Phi) is 3.95. The van der Waals surface area contributed by atoms with Gasteiger partial charge in [-0.1, -0.05) is 23.5 Å². The number of aromatic nitrogens is 3. The molecule has 0 spiro atoms. The van der Waals surface area contributed by atoms with Crippen LogP contribution in [0, 0.1) is 18.3 Å². The van der Waals surface area contributed by atoms with Crippen molar-refractivity contribution in [2.75, 3.05) is 5.32 Å². The number of fused-ring (bicyclic) bond motifs is 1. The van der Waals surface area contributed by atoms with Crippen LogP contribution in [0.1, 0.15) is 21.6 Å². The molecular weight excluding hydrogens is 346 g/mol. The van der Waals surface area contributed by atoms with Gasteiger partial charge in [-0.2, -0.15) is 15.0 Å². The fraction of sp³-hybridized carbons (Fsp3) is 0.0526. The van der Waals surface area contributed by atoms with Gasteiger partial charge in [-0.25, -0.2) is 4.98 Å². The van der Waals surface area contributed by atoms with Gasteiger partial charge in [0.2, 0.25) is 5.13 Å². The Bertz CT molecular complexity index is 1120. The quantitative estimate of drug-likeness (QED) is 0.601. The van der Waals surface area contributed by atoms with Gasteiger partial charge in [0.25, 0.3) is 5.91 Å². The van der Waals surface area contributed by atoms with Crippen LogP contribution in [-0.4, -0.2) is 20.7 Å². The third-order valence-corrected chi connectivity index (χ3v) is 4.83. The predicted octanol–water partition coefficient (Wildman–Crippen LogP) is 3.91. The number of amides is 1. The number of rotatable bonds is 3. The molecule has 4 rings (SSSR count). The molecular formula is C19H13N5OS. The van der Waals surface area contributed by atoms with Gasteiger partial charge in [-0.15, -0.1) is 0 Å². The maximum absolute atomic E-state index is 12.5. The summed E-state index contributed by atoms with van der Waals surface area (Å²) in [7, 11) is 0. The van der Waals surface area contributed by atoms with E-state index in [-0.39, 0.29) is 5.91 Å². The van der Waals surface area contributed by atoms with E-state index in [4.69, 9.17) is 5.26 Å². The van der Waals surface area contributed by atoms with E-state index in [1.807, 2.05) is 37.3 Å². The Morgan fingerprint density at radius 1 is 1.19 bits per heavy atom. The van der Waals surface area contributed by atoms with Crippen molar-refractivity contribution in [1.29, 1.82) is 5.26 Å². The largest absolute Gasteiger partial charge is 0.306 e. The third-order valence-electron chi connectivity index (χ3n) is 3.81. The topological polar surface area (TPSA) is 83.6 Å². The minimum atomic E-state index is -0.267. The fourth-order valence-corrected chi connectivity index (χ4v) is 3.50. The zero-order chi connectivity index (χ0) is 18.1. The number of thiazole rings is 1. The Morgan fingerprint density at radius 3 is 2.69 bits per heavy atom. The van der Waals surface area contributed by atoms with Gasteiger partial charge in [-0.3, -0.25) is 4.79 Å². The normalized spacial score (nSPS) is 10.6. The second-order valence-electron chi connectivity index (χ2n) is 5.69. The number of hydrogen-bond donors (Lipinski definition) is 1. The number of nitrogens with zero attached hydrogens (tertiary/aromatic N) is 4. The van der Waals surface area contributed by atoms with Crippen molar-refractivity contribution in [2.24, 2.45) is 0 Å². The van der Waals surface area contributed by atoms with E-state index in [2.05, 4.69) is 15.4 Å². The summed E-state index contributed by atoms with van der Waals surface area (Å²) < 4.78 is 2.70. The lowest BCUT2D eigenvalue weighted by atomic mass is 10.1. The molecule has 0 bridgehead atoms. The summed E-state index contributed by atoms with van der Waals surface area (Å²) in [5.74, 6) is 0.285. The lowest BCUT2D eigenvalue weighted by Gasteiger charge is -2.06. The molecule has 2 heterocycles. The number of nitrogens with one attached hydrogen (secondary N) is 1. The Balaban J connectivity index is 1.67. The Hall–Kier alpha value is -3.50. The highest BCUT2D eigenvalue weighted by molar-refractivity contribution is 7.20. The van der Waals surface area contributed by atoms with Crippen LogP contribution in [-0.2, 0) is 0 Å². The number of carbonyl (C=O) groups excluding carboxylic acids is 1. The van der Waals surface area contributed by atoms with E-state index in [0.717, 1.165) is 15.9 Å². The standard InChI is InChI=1S/C19H13N5OS/c1-12-10-17(22-18(25)14-8-6-13(11-20)7-9-14)24(23-12)19-21-15-4-2-3-5-16(15)26-19/h2-10H,1H3,(H,22,25). The summed E-state index contributed by atoms with van der Waals surface area (Å²) in [6, 6.07) is 18.2. The number of anilines is 1. The zero-order valence-corrected chi connectivity index (χ0v) is 14.6. The van der Waals surface area contributed by atoms with Crippen LogP contribution in [0.4, 0.5) is 5.82 Å². The van der Waals surface area contributed by atoms with Crippen LogP contribution in [0.3, 0.4) is 0 Å². The average Bonchev–Trinajstić information content (AvgIpc) is 3.24. The van der Waals surface area contributed by atoms with Gasteiger partial charge in [-0.05, 0) is 43.3 Å². The van der Waals surface area contributed by atoms with Crippen molar-refractivity contribution in [1.82, 2.24) is 14.8 Å². The molecule has 0 saturated carbocycles. The number of aryl methyl sites for hydroxylation is 1. The van der Waals surface area contributed by atoms with E-state index in [1.165, 1.54) is 11.3 Å². The van der Waals surface area contributed by atoms with E-state index < -0.39 is 0 Å². The number of nitriles is 1. The minimum Gasteiger partial charge on any atom is -0.306 e. The highest BCUT2D eigenvalue weighted by Gasteiger charge is 2.15. The highest BCUT2D eigenvalue weighted by atomic mass is 32.1. The van der Waals surface area contributed by atoms with Crippen molar-refractivity contribution < 1.29 is 4.79 Å². The molecule has 0 atom stereocenters. The van der Waals surface area contributed by atoms with Crippen LogP contribution in [0.15, 0.2) is 54.6 Å². The molecule has 6 nitrogen and oxygen atoms in total. The second-order valence-corrected chi connectivity index (χ2v) is 6.70.